The summed E-state index contributed by atoms with van der Waals surface area (Å²) in [6.45, 7) is 7.97. The van der Waals surface area contributed by atoms with Crippen LogP contribution in [0, 0.1) is 0 Å². The Bertz CT molecular complexity index is 112. The van der Waals surface area contributed by atoms with Crippen LogP contribution < -0.4 is 0 Å². The van der Waals surface area contributed by atoms with Gasteiger partial charge in [0.25, 0.3) is 7.63 Å². The summed E-state index contributed by atoms with van der Waals surface area (Å²) in [5.74, 6) is 0. The van der Waals surface area contributed by atoms with Gasteiger partial charge in [-0.25, -0.2) is 0 Å². The fourth-order valence-electron chi connectivity index (χ4n) is 0.626. The van der Waals surface area contributed by atoms with E-state index in [1.54, 1.807) is 0 Å². The van der Waals surface area contributed by atoms with Crippen molar-refractivity contribution in [3.63, 3.8) is 0 Å². The molecule has 0 atom stereocenters. The van der Waals surface area contributed by atoms with E-state index in [1.165, 1.54) is 0 Å². The molecule has 0 unspecified atom stereocenters. The highest BCUT2D eigenvalue weighted by Gasteiger charge is 2.31. The van der Waals surface area contributed by atoms with Crippen molar-refractivity contribution in [3.05, 3.63) is 0 Å². The van der Waals surface area contributed by atoms with E-state index < -0.39 is 16.2 Å². The average Bonchev–Trinajstić information content (AvgIpc) is 1.60. The Kier molecular flexibility index (Phi) is 3.81. The molecule has 0 aliphatic rings. The second-order valence-electron chi connectivity index (χ2n) is 3.07. The van der Waals surface area contributed by atoms with Crippen LogP contribution in [0.15, 0.2) is 0 Å². The van der Waals surface area contributed by atoms with Crippen molar-refractivity contribution in [2.24, 2.45) is 0 Å². The Morgan fingerprint density at radius 2 is 1.60 bits per heavy atom. The molecule has 2 nitrogen and oxygen atoms in total. The first-order chi connectivity index (χ1) is 4.27. The minimum Gasteiger partial charge on any atom is -0.445 e. The molecule has 10 heavy (non-hydrogen) atoms. The van der Waals surface area contributed by atoms with E-state index in [0.29, 0.717) is 0 Å². The van der Waals surface area contributed by atoms with E-state index in [0.717, 1.165) is 10.5 Å². The van der Waals surface area contributed by atoms with Gasteiger partial charge in [-0.1, -0.05) is 0 Å². The van der Waals surface area contributed by atoms with Gasteiger partial charge in [0, 0.05) is 0 Å². The van der Waals surface area contributed by atoms with Gasteiger partial charge >= 0.3 is 8.56 Å². The zero-order valence-corrected chi connectivity index (χ0v) is 12.0. The van der Waals surface area contributed by atoms with Crippen LogP contribution in [0.3, 0.4) is 0 Å². The van der Waals surface area contributed by atoms with Crippen molar-refractivity contribution in [2.75, 3.05) is 0 Å². The third-order valence-corrected chi connectivity index (χ3v) is 9.52. The SMILES string of the molecule is C[Si](C)(Cl)O[Si](C)(C)O[SiH3]. The Hall–Kier alpha value is 0.861. The van der Waals surface area contributed by atoms with E-state index in [9.17, 15) is 0 Å². The standard InChI is InChI=1S/C4H15ClO2Si3/c1-9(2,5)7-10(3,4)6-8/h1-4,8H3. The maximum absolute atomic E-state index is 5.98. The topological polar surface area (TPSA) is 18.5 Å². The van der Waals surface area contributed by atoms with Gasteiger partial charge in [0.1, 0.15) is 10.5 Å². The number of halogens is 1. The fourth-order valence-corrected chi connectivity index (χ4v) is 8.06. The lowest BCUT2D eigenvalue weighted by Crippen LogP contribution is -2.43. The molecule has 0 heterocycles. The summed E-state index contributed by atoms with van der Waals surface area (Å²) in [5.41, 5.74) is 0. The first-order valence-corrected chi connectivity index (χ1v) is 10.8. The molecule has 6 heteroatoms. The summed E-state index contributed by atoms with van der Waals surface area (Å²) < 4.78 is 10.9. The van der Waals surface area contributed by atoms with Gasteiger partial charge in [0.2, 0.25) is 0 Å². The summed E-state index contributed by atoms with van der Waals surface area (Å²) in [6, 6.07) is 0. The highest BCUT2D eigenvalue weighted by molar-refractivity contribution is 7.17. The lowest BCUT2D eigenvalue weighted by Gasteiger charge is -2.27. The quantitative estimate of drug-likeness (QED) is 0.515. The van der Waals surface area contributed by atoms with Gasteiger partial charge in [-0.15, -0.1) is 11.1 Å². The van der Waals surface area contributed by atoms with Crippen LogP contribution in [0.4, 0.5) is 0 Å². The number of rotatable bonds is 3. The van der Waals surface area contributed by atoms with Crippen molar-refractivity contribution in [3.8, 4) is 0 Å². The molecule has 0 aromatic heterocycles. The molecule has 0 amide bonds. The second-order valence-corrected chi connectivity index (χ2v) is 13.8. The van der Waals surface area contributed by atoms with Crippen LogP contribution in [0.25, 0.3) is 0 Å². The third-order valence-electron chi connectivity index (χ3n) is 0.980. The number of hydrogen-bond acceptors (Lipinski definition) is 2. The highest BCUT2D eigenvalue weighted by atomic mass is 35.6. The largest absolute Gasteiger partial charge is 0.445 e. The third kappa shape index (κ3) is 5.63. The van der Waals surface area contributed by atoms with Crippen LogP contribution in [0.2, 0.25) is 26.2 Å². The first kappa shape index (κ1) is 10.9. The Balaban J connectivity index is 3.89. The maximum Gasteiger partial charge on any atom is 0.311 e. The molecule has 0 saturated heterocycles. The zero-order valence-electron chi connectivity index (χ0n) is 7.19. The summed E-state index contributed by atoms with van der Waals surface area (Å²) in [7, 11) is -2.96. The van der Waals surface area contributed by atoms with E-state index in [-0.39, 0.29) is 0 Å². The Labute approximate surface area is 72.5 Å². The minimum atomic E-state index is -1.88. The van der Waals surface area contributed by atoms with Crippen LogP contribution >= 0.6 is 11.1 Å². The molecule has 62 valence electrons. The molecule has 0 aromatic rings. The molecular weight excluding hydrogens is 200 g/mol. The normalized spacial score (nSPS) is 14.1. The minimum absolute atomic E-state index is 0.741. The average molecular weight is 215 g/mol. The monoisotopic (exact) mass is 214 g/mol. The lowest BCUT2D eigenvalue weighted by molar-refractivity contribution is 0.425. The molecule has 0 spiro atoms. The molecule has 0 aliphatic carbocycles. The molecule has 0 aliphatic heterocycles. The van der Waals surface area contributed by atoms with Gasteiger partial charge in [-0.3, -0.25) is 0 Å². The molecule has 0 fully saturated rings. The van der Waals surface area contributed by atoms with Crippen molar-refractivity contribution < 1.29 is 8.23 Å². The Morgan fingerprint density at radius 1 is 1.20 bits per heavy atom. The smallest absolute Gasteiger partial charge is 0.311 e. The number of hydrogen-bond donors (Lipinski definition) is 0. The van der Waals surface area contributed by atoms with E-state index in [4.69, 9.17) is 19.3 Å². The molecule has 0 saturated carbocycles. The van der Waals surface area contributed by atoms with Crippen molar-refractivity contribution >= 4 is 37.8 Å². The van der Waals surface area contributed by atoms with Gasteiger partial charge in [-0.2, -0.15) is 0 Å². The van der Waals surface area contributed by atoms with Crippen LogP contribution in [0.1, 0.15) is 0 Å². The molecule has 0 aromatic carbocycles. The Morgan fingerprint density at radius 3 is 1.70 bits per heavy atom. The molecule has 0 N–H and O–H groups in total. The second kappa shape index (κ2) is 3.51. The van der Waals surface area contributed by atoms with Crippen molar-refractivity contribution in [1.29, 1.82) is 0 Å². The van der Waals surface area contributed by atoms with Gasteiger partial charge < -0.3 is 8.23 Å². The molecule has 0 rings (SSSR count). The zero-order chi connectivity index (χ0) is 8.41. The maximum atomic E-state index is 5.98. The van der Waals surface area contributed by atoms with Gasteiger partial charge in [0.15, 0.2) is 0 Å². The van der Waals surface area contributed by atoms with Crippen LogP contribution in [-0.2, 0) is 8.23 Å². The summed E-state index contributed by atoms with van der Waals surface area (Å²) in [4.78, 5) is 0. The fraction of sp³-hybridized carbons (Fsp3) is 1.00. The van der Waals surface area contributed by atoms with Gasteiger partial charge in [0.05, 0.1) is 0 Å². The van der Waals surface area contributed by atoms with E-state index in [2.05, 4.69) is 0 Å². The molecule has 0 radical (unpaired) electrons. The van der Waals surface area contributed by atoms with Crippen molar-refractivity contribution in [1.82, 2.24) is 0 Å². The lowest BCUT2D eigenvalue weighted by atomic mass is 11.9. The van der Waals surface area contributed by atoms with Crippen LogP contribution in [0.5, 0.6) is 0 Å². The summed E-state index contributed by atoms with van der Waals surface area (Å²) in [5, 5.41) is 0. The van der Waals surface area contributed by atoms with Crippen LogP contribution in [-0.4, -0.2) is 26.7 Å². The first-order valence-electron chi connectivity index (χ1n) is 3.21. The highest BCUT2D eigenvalue weighted by Crippen LogP contribution is 2.17. The van der Waals surface area contributed by atoms with E-state index in [1.807, 2.05) is 26.2 Å². The summed E-state index contributed by atoms with van der Waals surface area (Å²) in [6.07, 6.45) is 0. The molecular formula is C4H15ClO2Si3. The predicted molar refractivity (Wildman–Crippen MR) is 52.9 cm³/mol. The summed E-state index contributed by atoms with van der Waals surface area (Å²) >= 11 is 5.98. The predicted octanol–water partition coefficient (Wildman–Crippen LogP) is 0.942. The van der Waals surface area contributed by atoms with Gasteiger partial charge in [-0.05, 0) is 26.2 Å². The molecule has 0 bridgehead atoms. The van der Waals surface area contributed by atoms with Crippen molar-refractivity contribution in [2.45, 2.75) is 26.2 Å². The van der Waals surface area contributed by atoms with E-state index >= 15 is 0 Å².